The average molecular weight is 305 g/mol. The molecule has 0 bridgehead atoms. The first-order chi connectivity index (χ1) is 9.20. The third-order valence-electron chi connectivity index (χ3n) is 2.87. The summed E-state index contributed by atoms with van der Waals surface area (Å²) < 4.78 is 5.82. The third kappa shape index (κ3) is 4.10. The third-order valence-corrected chi connectivity index (χ3v) is 3.88. The van der Waals surface area contributed by atoms with Crippen LogP contribution in [0.15, 0.2) is 0 Å². The molecule has 1 N–H and O–H groups in total. The molecule has 106 valence electrons. The van der Waals surface area contributed by atoms with Crippen LogP contribution >= 0.6 is 22.9 Å². The molecule has 1 atom stereocenters. The number of amides is 1. The molecular formula is C11H17ClN4O2S. The molecule has 8 heteroatoms. The molecule has 0 saturated carbocycles. The first-order valence-corrected chi connectivity index (χ1v) is 7.47. The highest BCUT2D eigenvalue weighted by Crippen LogP contribution is 2.19. The molecular weight excluding hydrogens is 288 g/mol. The molecule has 0 radical (unpaired) electrons. The minimum absolute atomic E-state index is 0.0113. The minimum atomic E-state index is -0.261. The van der Waals surface area contributed by atoms with Crippen LogP contribution < -0.4 is 5.32 Å². The van der Waals surface area contributed by atoms with E-state index in [2.05, 4.69) is 20.4 Å². The van der Waals surface area contributed by atoms with Gasteiger partial charge in [0.05, 0.1) is 19.8 Å². The number of morpholine rings is 1. The summed E-state index contributed by atoms with van der Waals surface area (Å²) in [7, 11) is 0. The molecule has 0 aromatic carbocycles. The number of hydrogen-bond donors (Lipinski definition) is 1. The number of ether oxygens (including phenoxy) is 1. The zero-order valence-electron chi connectivity index (χ0n) is 10.8. The van der Waals surface area contributed by atoms with Gasteiger partial charge in [0.25, 0.3) is 0 Å². The van der Waals surface area contributed by atoms with E-state index in [1.165, 1.54) is 11.3 Å². The van der Waals surface area contributed by atoms with E-state index in [0.29, 0.717) is 37.3 Å². The Hall–Kier alpha value is -0.760. The van der Waals surface area contributed by atoms with Crippen molar-refractivity contribution in [1.29, 1.82) is 0 Å². The number of rotatable bonds is 5. The second kappa shape index (κ2) is 7.14. The van der Waals surface area contributed by atoms with E-state index in [1.54, 1.807) is 0 Å². The smallest absolute Gasteiger partial charge is 0.239 e. The lowest BCUT2D eigenvalue weighted by atomic mass is 10.2. The fourth-order valence-corrected chi connectivity index (χ4v) is 2.80. The second-order valence-electron chi connectivity index (χ2n) is 4.30. The number of nitrogens with zero attached hydrogens (tertiary/aromatic N) is 3. The van der Waals surface area contributed by atoms with Gasteiger partial charge in [0.15, 0.2) is 0 Å². The van der Waals surface area contributed by atoms with Gasteiger partial charge in [0, 0.05) is 13.1 Å². The van der Waals surface area contributed by atoms with Gasteiger partial charge < -0.3 is 10.1 Å². The summed E-state index contributed by atoms with van der Waals surface area (Å²) in [5, 5.41) is 11.5. The van der Waals surface area contributed by atoms with Crippen molar-refractivity contribution in [2.45, 2.75) is 25.9 Å². The number of aromatic nitrogens is 2. The van der Waals surface area contributed by atoms with E-state index < -0.39 is 0 Å². The molecule has 1 aromatic heterocycles. The van der Waals surface area contributed by atoms with E-state index in [-0.39, 0.29) is 11.9 Å². The molecule has 1 aromatic rings. The van der Waals surface area contributed by atoms with Crippen LogP contribution in [0.2, 0.25) is 4.47 Å². The van der Waals surface area contributed by atoms with Crippen molar-refractivity contribution >= 4 is 28.8 Å². The zero-order chi connectivity index (χ0) is 13.7. The second-order valence-corrected chi connectivity index (χ2v) is 5.95. The van der Waals surface area contributed by atoms with E-state index >= 15 is 0 Å². The first kappa shape index (κ1) is 14.6. The van der Waals surface area contributed by atoms with Crippen LogP contribution in [0, 0.1) is 0 Å². The van der Waals surface area contributed by atoms with Crippen molar-refractivity contribution in [3.8, 4) is 0 Å². The van der Waals surface area contributed by atoms with Crippen molar-refractivity contribution in [2.24, 2.45) is 0 Å². The van der Waals surface area contributed by atoms with Gasteiger partial charge in [0.1, 0.15) is 11.0 Å². The highest BCUT2D eigenvalue weighted by Gasteiger charge is 2.29. The predicted molar refractivity (Wildman–Crippen MR) is 73.2 cm³/mol. The lowest BCUT2D eigenvalue weighted by molar-refractivity contribution is -0.132. The maximum absolute atomic E-state index is 12.1. The van der Waals surface area contributed by atoms with Gasteiger partial charge in [-0.15, -0.1) is 10.2 Å². The van der Waals surface area contributed by atoms with E-state index in [1.807, 2.05) is 6.92 Å². The van der Waals surface area contributed by atoms with Crippen molar-refractivity contribution in [2.75, 3.05) is 26.3 Å². The van der Waals surface area contributed by atoms with E-state index in [9.17, 15) is 4.79 Å². The Balaban J connectivity index is 1.97. The Labute approximate surface area is 121 Å². The molecule has 1 aliphatic rings. The summed E-state index contributed by atoms with van der Waals surface area (Å²) in [6.45, 7) is 5.05. The first-order valence-electron chi connectivity index (χ1n) is 6.28. The van der Waals surface area contributed by atoms with Crippen LogP contribution in [-0.4, -0.2) is 53.3 Å². The maximum Gasteiger partial charge on any atom is 0.239 e. The summed E-state index contributed by atoms with van der Waals surface area (Å²) in [6, 6.07) is -0.261. The van der Waals surface area contributed by atoms with Crippen molar-refractivity contribution < 1.29 is 9.53 Å². The molecule has 1 aliphatic heterocycles. The molecule has 0 aliphatic carbocycles. The van der Waals surface area contributed by atoms with E-state index in [4.69, 9.17) is 16.3 Å². The lowest BCUT2D eigenvalue weighted by Crippen LogP contribution is -2.53. The average Bonchev–Trinajstić information content (AvgIpc) is 2.82. The Morgan fingerprint density at radius 1 is 1.63 bits per heavy atom. The van der Waals surface area contributed by atoms with Gasteiger partial charge in [-0.2, -0.15) is 0 Å². The van der Waals surface area contributed by atoms with Gasteiger partial charge in [-0.25, -0.2) is 0 Å². The largest absolute Gasteiger partial charge is 0.378 e. The topological polar surface area (TPSA) is 67.3 Å². The lowest BCUT2D eigenvalue weighted by Gasteiger charge is -2.33. The summed E-state index contributed by atoms with van der Waals surface area (Å²) in [5.41, 5.74) is 0. The van der Waals surface area contributed by atoms with Gasteiger partial charge >= 0.3 is 0 Å². The van der Waals surface area contributed by atoms with Gasteiger partial charge in [-0.1, -0.05) is 18.3 Å². The summed E-state index contributed by atoms with van der Waals surface area (Å²) >= 11 is 7.11. The molecule has 1 unspecified atom stereocenters. The van der Waals surface area contributed by atoms with Gasteiger partial charge in [0.2, 0.25) is 10.4 Å². The van der Waals surface area contributed by atoms with Crippen LogP contribution in [0.3, 0.4) is 0 Å². The van der Waals surface area contributed by atoms with Gasteiger partial charge in [-0.3, -0.25) is 9.69 Å². The molecule has 6 nitrogen and oxygen atoms in total. The monoisotopic (exact) mass is 304 g/mol. The summed E-state index contributed by atoms with van der Waals surface area (Å²) in [6.07, 6.45) is 0.922. The highest BCUT2D eigenvalue weighted by molar-refractivity contribution is 7.15. The number of nitrogens with one attached hydrogen (secondary N) is 1. The van der Waals surface area contributed by atoms with Crippen molar-refractivity contribution in [3.63, 3.8) is 0 Å². The highest BCUT2D eigenvalue weighted by atomic mass is 35.5. The zero-order valence-corrected chi connectivity index (χ0v) is 12.3. The molecule has 2 heterocycles. The molecule has 1 saturated heterocycles. The van der Waals surface area contributed by atoms with Crippen LogP contribution in [0.25, 0.3) is 0 Å². The molecule has 19 heavy (non-hydrogen) atoms. The molecule has 1 fully saturated rings. The Bertz CT molecular complexity index is 429. The molecule has 2 rings (SSSR count). The number of carbonyl (C=O) groups is 1. The van der Waals surface area contributed by atoms with E-state index in [0.717, 1.165) is 11.4 Å². The quantitative estimate of drug-likeness (QED) is 0.876. The molecule has 0 spiro atoms. The van der Waals surface area contributed by atoms with Crippen LogP contribution in [-0.2, 0) is 16.1 Å². The van der Waals surface area contributed by atoms with Crippen LogP contribution in [0.5, 0.6) is 0 Å². The standard InChI is InChI=1S/C11H17ClN4O2S/c1-2-3-13-10(17)8-7-18-5-4-16(8)6-9-14-15-11(12)19-9/h8H,2-7H2,1H3,(H,13,17). The minimum Gasteiger partial charge on any atom is -0.378 e. The fourth-order valence-electron chi connectivity index (χ4n) is 1.91. The maximum atomic E-state index is 12.1. The van der Waals surface area contributed by atoms with Gasteiger partial charge in [-0.05, 0) is 18.0 Å². The number of halogens is 1. The Morgan fingerprint density at radius 2 is 2.47 bits per heavy atom. The summed E-state index contributed by atoms with van der Waals surface area (Å²) in [5.74, 6) is 0.0113. The Kier molecular flexibility index (Phi) is 5.50. The number of hydrogen-bond acceptors (Lipinski definition) is 6. The van der Waals surface area contributed by atoms with Crippen molar-refractivity contribution in [1.82, 2.24) is 20.4 Å². The summed E-state index contributed by atoms with van der Waals surface area (Å²) in [4.78, 5) is 14.1. The van der Waals surface area contributed by atoms with Crippen molar-refractivity contribution in [3.05, 3.63) is 9.47 Å². The Morgan fingerprint density at radius 3 is 3.16 bits per heavy atom. The molecule has 1 amide bonds. The fraction of sp³-hybridized carbons (Fsp3) is 0.727. The van der Waals surface area contributed by atoms with Crippen LogP contribution in [0.4, 0.5) is 0 Å². The SMILES string of the molecule is CCCNC(=O)C1COCCN1Cc1nnc(Cl)s1. The van der Waals surface area contributed by atoms with Crippen LogP contribution in [0.1, 0.15) is 18.4 Å². The normalized spacial score (nSPS) is 20.4. The predicted octanol–water partition coefficient (Wildman–Crippen LogP) is 0.918. The number of carbonyl (C=O) groups excluding carboxylic acids is 1.